The van der Waals surface area contributed by atoms with Gasteiger partial charge in [0.15, 0.2) is 5.78 Å². The van der Waals surface area contributed by atoms with Crippen molar-refractivity contribution in [3.8, 4) is 0 Å². The number of carbonyl (C=O) groups is 2. The van der Waals surface area contributed by atoms with Gasteiger partial charge in [0.25, 0.3) is 5.69 Å². The van der Waals surface area contributed by atoms with E-state index in [4.69, 9.17) is 9.84 Å². The highest BCUT2D eigenvalue weighted by Crippen LogP contribution is 2.17. The van der Waals surface area contributed by atoms with Gasteiger partial charge in [-0.3, -0.25) is 14.9 Å². The summed E-state index contributed by atoms with van der Waals surface area (Å²) in [5.74, 6) is -1.97. The third kappa shape index (κ3) is 4.81. The lowest BCUT2D eigenvalue weighted by Crippen LogP contribution is -2.18. The van der Waals surface area contributed by atoms with Crippen LogP contribution in [0.5, 0.6) is 0 Å². The zero-order valence-corrected chi connectivity index (χ0v) is 11.6. The van der Waals surface area contributed by atoms with Crippen LogP contribution in [0.1, 0.15) is 18.9 Å². The van der Waals surface area contributed by atoms with Gasteiger partial charge in [0, 0.05) is 25.7 Å². The van der Waals surface area contributed by atoms with Crippen molar-refractivity contribution in [2.24, 2.45) is 0 Å². The number of non-ortho nitro benzene ring substituents is 1. The number of hydrogen-bond donors (Lipinski definition) is 1. The fourth-order valence-electron chi connectivity index (χ4n) is 1.61. The Balaban J connectivity index is 3.10. The normalized spacial score (nSPS) is 12.8. The topological polar surface area (TPSA) is 107 Å². The first-order valence-corrected chi connectivity index (χ1v) is 6.10. The summed E-state index contributed by atoms with van der Waals surface area (Å²) in [6.07, 6.45) is 0.634. The number of ketones is 1. The molecule has 7 heteroatoms. The molecule has 0 heterocycles. The lowest BCUT2D eigenvalue weighted by molar-refractivity contribution is -0.384. The van der Waals surface area contributed by atoms with E-state index in [0.717, 1.165) is 6.08 Å². The molecule has 0 aliphatic rings. The molecule has 1 rings (SSSR count). The predicted octanol–water partition coefficient (Wildman–Crippen LogP) is 2.06. The van der Waals surface area contributed by atoms with Gasteiger partial charge in [-0.25, -0.2) is 4.79 Å². The molecule has 0 saturated carbocycles. The van der Waals surface area contributed by atoms with Gasteiger partial charge in [-0.15, -0.1) is 0 Å². The predicted molar refractivity (Wildman–Crippen MR) is 74.8 cm³/mol. The van der Waals surface area contributed by atoms with E-state index in [2.05, 4.69) is 0 Å². The maximum Gasteiger partial charge on any atom is 0.339 e. The van der Waals surface area contributed by atoms with Crippen LogP contribution in [0, 0.1) is 10.1 Å². The van der Waals surface area contributed by atoms with E-state index in [9.17, 15) is 19.7 Å². The van der Waals surface area contributed by atoms with Crippen LogP contribution in [-0.4, -0.2) is 35.0 Å². The molecule has 7 nitrogen and oxygen atoms in total. The quantitative estimate of drug-likeness (QED) is 0.271. The molecule has 0 radical (unpaired) electrons. The summed E-state index contributed by atoms with van der Waals surface area (Å²) >= 11 is 0. The molecule has 0 aliphatic heterocycles. The summed E-state index contributed by atoms with van der Waals surface area (Å²) in [6, 6.07) is 5.40. The number of carbonyl (C=O) groups excluding carboxylic acids is 1. The van der Waals surface area contributed by atoms with Crippen LogP contribution in [0.25, 0.3) is 6.08 Å². The SMILES string of the molecule is COC(C)CC(=O)C(=Cc1cccc([N+](=O)[O-])c1)C(=O)O. The summed E-state index contributed by atoms with van der Waals surface area (Å²) in [4.78, 5) is 33.2. The second-order valence-corrected chi connectivity index (χ2v) is 4.39. The number of carboxylic acids is 1. The number of ether oxygens (including phenoxy) is 1. The van der Waals surface area contributed by atoms with Crippen LogP contribution in [0.2, 0.25) is 0 Å². The van der Waals surface area contributed by atoms with Crippen LogP contribution >= 0.6 is 0 Å². The molecule has 1 N–H and O–H groups in total. The van der Waals surface area contributed by atoms with Crippen LogP contribution in [-0.2, 0) is 14.3 Å². The Hall–Kier alpha value is -2.54. The molecule has 0 spiro atoms. The number of Topliss-reactive ketones (excluding diaryl/α,β-unsaturated/α-hetero) is 1. The number of rotatable bonds is 7. The number of nitrogens with zero attached hydrogens (tertiary/aromatic N) is 1. The zero-order valence-electron chi connectivity index (χ0n) is 11.6. The van der Waals surface area contributed by atoms with Crippen molar-refractivity contribution in [1.82, 2.24) is 0 Å². The first-order chi connectivity index (χ1) is 9.85. The summed E-state index contributed by atoms with van der Waals surface area (Å²) < 4.78 is 4.92. The number of nitro benzene ring substituents is 1. The summed E-state index contributed by atoms with van der Waals surface area (Å²) in [5.41, 5.74) is -0.328. The van der Waals surface area contributed by atoms with Crippen LogP contribution < -0.4 is 0 Å². The van der Waals surface area contributed by atoms with Gasteiger partial charge < -0.3 is 9.84 Å². The van der Waals surface area contributed by atoms with Gasteiger partial charge in [-0.1, -0.05) is 12.1 Å². The molecule has 0 saturated heterocycles. The van der Waals surface area contributed by atoms with Gasteiger partial charge in [0.2, 0.25) is 0 Å². The number of benzene rings is 1. The average Bonchev–Trinajstić information content (AvgIpc) is 2.44. The minimum atomic E-state index is -1.38. The van der Waals surface area contributed by atoms with Crippen molar-refractivity contribution < 1.29 is 24.4 Å². The number of carboxylic acid groups (broad SMARTS) is 1. The minimum absolute atomic E-state index is 0.0798. The van der Waals surface area contributed by atoms with Crippen LogP contribution in [0.15, 0.2) is 29.8 Å². The first-order valence-electron chi connectivity index (χ1n) is 6.10. The smallest absolute Gasteiger partial charge is 0.339 e. The molecule has 1 aromatic rings. The molecule has 21 heavy (non-hydrogen) atoms. The Morgan fingerprint density at radius 2 is 2.14 bits per heavy atom. The molecule has 0 aliphatic carbocycles. The Labute approximate surface area is 121 Å². The van der Waals surface area contributed by atoms with E-state index >= 15 is 0 Å². The Morgan fingerprint density at radius 3 is 2.67 bits per heavy atom. The molecular weight excluding hydrogens is 278 g/mol. The van der Waals surface area contributed by atoms with E-state index in [1.54, 1.807) is 6.92 Å². The van der Waals surface area contributed by atoms with E-state index < -0.39 is 28.4 Å². The van der Waals surface area contributed by atoms with Crippen LogP contribution in [0.3, 0.4) is 0 Å². The summed E-state index contributed by atoms with van der Waals surface area (Å²) in [5, 5.41) is 19.8. The molecule has 0 bridgehead atoms. The highest BCUT2D eigenvalue weighted by molar-refractivity contribution is 6.20. The van der Waals surface area contributed by atoms with Gasteiger partial charge in [0.05, 0.1) is 11.0 Å². The van der Waals surface area contributed by atoms with E-state index in [1.165, 1.54) is 31.4 Å². The summed E-state index contributed by atoms with van der Waals surface area (Å²) in [7, 11) is 1.42. The molecular formula is C14H15NO6. The largest absolute Gasteiger partial charge is 0.478 e. The molecule has 0 aromatic heterocycles. The molecule has 1 atom stereocenters. The molecule has 0 fully saturated rings. The molecule has 1 unspecified atom stereocenters. The number of methoxy groups -OCH3 is 1. The second-order valence-electron chi connectivity index (χ2n) is 4.39. The third-order valence-electron chi connectivity index (χ3n) is 2.80. The van der Waals surface area contributed by atoms with E-state index in [0.29, 0.717) is 0 Å². The Morgan fingerprint density at radius 1 is 1.48 bits per heavy atom. The lowest BCUT2D eigenvalue weighted by Gasteiger charge is -2.08. The maximum atomic E-state index is 11.9. The van der Waals surface area contributed by atoms with Crippen molar-refractivity contribution in [2.75, 3.05) is 7.11 Å². The van der Waals surface area contributed by atoms with Crippen molar-refractivity contribution in [3.63, 3.8) is 0 Å². The fraction of sp³-hybridized carbons (Fsp3) is 0.286. The third-order valence-corrected chi connectivity index (χ3v) is 2.80. The highest BCUT2D eigenvalue weighted by Gasteiger charge is 2.20. The first kappa shape index (κ1) is 16.5. The Kier molecular flexibility index (Phi) is 5.74. The standard InChI is InChI=1S/C14H15NO6/c1-9(21-2)6-13(16)12(14(17)18)8-10-4-3-5-11(7-10)15(19)20/h3-5,7-9H,6H2,1-2H3,(H,17,18). The van der Waals surface area contributed by atoms with Crippen LogP contribution in [0.4, 0.5) is 5.69 Å². The van der Waals surface area contributed by atoms with Gasteiger partial charge in [-0.05, 0) is 18.6 Å². The fourth-order valence-corrected chi connectivity index (χ4v) is 1.61. The van der Waals surface area contributed by atoms with E-state index in [-0.39, 0.29) is 17.7 Å². The van der Waals surface area contributed by atoms with Crippen molar-refractivity contribution in [3.05, 3.63) is 45.5 Å². The lowest BCUT2D eigenvalue weighted by atomic mass is 10.0. The maximum absolute atomic E-state index is 11.9. The van der Waals surface area contributed by atoms with Gasteiger partial charge in [0.1, 0.15) is 5.57 Å². The minimum Gasteiger partial charge on any atom is -0.478 e. The monoisotopic (exact) mass is 293 g/mol. The number of aliphatic carboxylic acids is 1. The van der Waals surface area contributed by atoms with Gasteiger partial charge >= 0.3 is 5.97 Å². The van der Waals surface area contributed by atoms with E-state index in [1.807, 2.05) is 0 Å². The van der Waals surface area contributed by atoms with Gasteiger partial charge in [-0.2, -0.15) is 0 Å². The van der Waals surface area contributed by atoms with Crippen molar-refractivity contribution >= 4 is 23.5 Å². The second kappa shape index (κ2) is 7.30. The van der Waals surface area contributed by atoms with Crippen molar-refractivity contribution in [1.29, 1.82) is 0 Å². The molecule has 112 valence electrons. The molecule has 0 amide bonds. The number of nitro groups is 1. The van der Waals surface area contributed by atoms with Crippen molar-refractivity contribution in [2.45, 2.75) is 19.4 Å². The zero-order chi connectivity index (χ0) is 16.0. The highest BCUT2D eigenvalue weighted by atomic mass is 16.6. The molecule has 1 aromatic carbocycles. The number of hydrogen-bond acceptors (Lipinski definition) is 5. The average molecular weight is 293 g/mol. The summed E-state index contributed by atoms with van der Waals surface area (Å²) in [6.45, 7) is 1.64. The Bertz CT molecular complexity index is 593.